The average molecular weight is 784 g/mol. The second-order valence-electron chi connectivity index (χ2n) is 14.3. The Morgan fingerprint density at radius 1 is 0.407 bits per heavy atom. The zero-order valence-electron chi connectivity index (χ0n) is 35.1. The maximum atomic E-state index is 2.39. The predicted molar refractivity (Wildman–Crippen MR) is 263 cm³/mol. The third kappa shape index (κ3) is 8.56. The molecule has 0 spiro atoms. The summed E-state index contributed by atoms with van der Waals surface area (Å²) in [6.07, 6.45) is 5.25. The minimum Gasteiger partial charge on any atom is -0.309 e. The summed E-state index contributed by atoms with van der Waals surface area (Å²) >= 11 is 1.89. The van der Waals surface area contributed by atoms with Crippen LogP contribution in [0.5, 0.6) is 0 Å². The number of fused-ring (bicyclic) bond motifs is 6. The Labute approximate surface area is 354 Å². The van der Waals surface area contributed by atoms with E-state index in [9.17, 15) is 0 Å². The molecule has 0 N–H and O–H groups in total. The van der Waals surface area contributed by atoms with Gasteiger partial charge < -0.3 is 4.57 Å². The summed E-state index contributed by atoms with van der Waals surface area (Å²) in [6, 6.07) is 68.5. The van der Waals surface area contributed by atoms with Gasteiger partial charge in [-0.2, -0.15) is 0 Å². The minimum absolute atomic E-state index is 1.18. The molecule has 0 fully saturated rings. The van der Waals surface area contributed by atoms with Crippen molar-refractivity contribution in [3.8, 4) is 50.2 Å². The van der Waals surface area contributed by atoms with Gasteiger partial charge in [0, 0.05) is 36.6 Å². The van der Waals surface area contributed by atoms with Gasteiger partial charge in [-0.25, -0.2) is 0 Å². The van der Waals surface area contributed by atoms with Gasteiger partial charge in [-0.1, -0.05) is 180 Å². The van der Waals surface area contributed by atoms with Gasteiger partial charge in [0.25, 0.3) is 0 Å². The second kappa shape index (κ2) is 19.3. The number of rotatable bonds is 5. The second-order valence-corrected chi connectivity index (χ2v) is 15.4. The monoisotopic (exact) mass is 783 g/mol. The molecule has 0 bridgehead atoms. The van der Waals surface area contributed by atoms with Crippen molar-refractivity contribution in [2.24, 2.45) is 0 Å². The van der Waals surface area contributed by atoms with Crippen LogP contribution in [0.3, 0.4) is 0 Å². The van der Waals surface area contributed by atoms with E-state index < -0.39 is 0 Å². The highest BCUT2D eigenvalue weighted by Crippen LogP contribution is 2.43. The van der Waals surface area contributed by atoms with E-state index in [4.69, 9.17) is 0 Å². The van der Waals surface area contributed by atoms with E-state index in [1.54, 1.807) is 0 Å². The number of allylic oxidation sites excluding steroid dienone is 2. The summed E-state index contributed by atoms with van der Waals surface area (Å²) in [7, 11) is 0. The van der Waals surface area contributed by atoms with Gasteiger partial charge in [-0.3, -0.25) is 0 Å². The maximum Gasteiger partial charge on any atom is 0.0541 e. The minimum atomic E-state index is 1.18. The Balaban J connectivity index is 0.000000541. The number of benzene rings is 8. The van der Waals surface area contributed by atoms with Crippen LogP contribution in [0.2, 0.25) is 0 Å². The van der Waals surface area contributed by atoms with Gasteiger partial charge in [-0.05, 0) is 113 Å². The van der Waals surface area contributed by atoms with Crippen molar-refractivity contribution in [3.63, 3.8) is 0 Å². The molecular formula is C57H53NS. The number of thiophene rings is 1. The highest BCUT2D eigenvalue weighted by atomic mass is 32.1. The van der Waals surface area contributed by atoms with Crippen molar-refractivity contribution in [2.75, 3.05) is 0 Å². The fraction of sp³-hybridized carbons (Fsp3) is 0.123. The fourth-order valence-corrected chi connectivity index (χ4v) is 8.81. The number of aromatic nitrogens is 1. The Hall–Kier alpha value is -6.48. The zero-order valence-corrected chi connectivity index (χ0v) is 35.9. The molecule has 292 valence electrons. The van der Waals surface area contributed by atoms with Gasteiger partial charge in [0.15, 0.2) is 0 Å². The predicted octanol–water partition coefficient (Wildman–Crippen LogP) is 17.8. The highest BCUT2D eigenvalue weighted by Gasteiger charge is 2.16. The average Bonchev–Trinajstić information content (AvgIpc) is 3.86. The third-order valence-electron chi connectivity index (χ3n) is 10.3. The summed E-state index contributed by atoms with van der Waals surface area (Å²) in [5.41, 5.74) is 13.5. The third-order valence-corrected chi connectivity index (χ3v) is 11.5. The summed E-state index contributed by atoms with van der Waals surface area (Å²) < 4.78 is 5.02. The summed E-state index contributed by atoms with van der Waals surface area (Å²) in [5, 5.41) is 5.16. The van der Waals surface area contributed by atoms with Gasteiger partial charge in [0.1, 0.15) is 0 Å². The van der Waals surface area contributed by atoms with Crippen LogP contribution < -0.4 is 0 Å². The molecule has 10 aromatic rings. The number of hydrogen-bond acceptors (Lipinski definition) is 1. The van der Waals surface area contributed by atoms with E-state index in [1.165, 1.54) is 98.6 Å². The molecule has 0 aliphatic heterocycles. The Bertz CT molecular complexity index is 2960. The number of nitrogens with zero attached hydrogens (tertiary/aromatic N) is 1. The van der Waals surface area contributed by atoms with Crippen molar-refractivity contribution < 1.29 is 0 Å². The van der Waals surface area contributed by atoms with E-state index in [-0.39, 0.29) is 0 Å². The molecule has 0 atom stereocenters. The Kier molecular flexibility index (Phi) is 13.3. The molecule has 59 heavy (non-hydrogen) atoms. The van der Waals surface area contributed by atoms with E-state index in [0.29, 0.717) is 0 Å². The first-order valence-corrected chi connectivity index (χ1v) is 21.8. The zero-order chi connectivity index (χ0) is 41.1. The van der Waals surface area contributed by atoms with Crippen LogP contribution in [-0.2, 0) is 0 Å². The molecular weight excluding hydrogens is 731 g/mol. The molecule has 0 amide bonds. The lowest BCUT2D eigenvalue weighted by Gasteiger charge is -2.09. The molecule has 0 unspecified atom stereocenters. The summed E-state index contributed by atoms with van der Waals surface area (Å²) in [4.78, 5) is 0. The van der Waals surface area contributed by atoms with E-state index in [1.807, 2.05) is 51.2 Å². The normalized spacial score (nSPS) is 10.9. The fourth-order valence-electron chi connectivity index (χ4n) is 7.59. The quantitative estimate of drug-likeness (QED) is 0.153. The van der Waals surface area contributed by atoms with Crippen molar-refractivity contribution >= 4 is 53.3 Å². The van der Waals surface area contributed by atoms with Crippen molar-refractivity contribution in [1.29, 1.82) is 0 Å². The van der Waals surface area contributed by atoms with Gasteiger partial charge >= 0.3 is 0 Å². The van der Waals surface area contributed by atoms with E-state index in [0.717, 1.165) is 0 Å². The topological polar surface area (TPSA) is 4.93 Å². The van der Waals surface area contributed by atoms with E-state index in [2.05, 4.69) is 206 Å². The summed E-state index contributed by atoms with van der Waals surface area (Å²) in [6.45, 7) is 12.2. The van der Waals surface area contributed by atoms with Crippen LogP contribution in [-0.4, -0.2) is 4.57 Å². The maximum absolute atomic E-state index is 2.39. The first-order valence-electron chi connectivity index (χ1n) is 21.0. The van der Waals surface area contributed by atoms with Crippen LogP contribution >= 0.6 is 11.3 Å². The molecule has 0 aliphatic carbocycles. The molecule has 8 aromatic carbocycles. The van der Waals surface area contributed by atoms with Crippen molar-refractivity contribution in [2.45, 2.75) is 48.0 Å². The molecule has 2 heteroatoms. The SMILES string of the molecule is C/C=C\C.CC.CCC.c1ccc(-c2cccc(-c3cccc(-c4ccc5sc6c(-c7ccc8c(c7)c7ccccc7n8-c7ccccc7)cccc6c5c4)c3)c2)cc1. The first-order chi connectivity index (χ1) is 29.1. The van der Waals surface area contributed by atoms with Crippen LogP contribution in [0.4, 0.5) is 0 Å². The Morgan fingerprint density at radius 2 is 0.881 bits per heavy atom. The molecule has 0 saturated heterocycles. The molecule has 0 aliphatic rings. The van der Waals surface area contributed by atoms with Crippen LogP contribution in [0, 0.1) is 0 Å². The van der Waals surface area contributed by atoms with Crippen LogP contribution in [0.1, 0.15) is 48.0 Å². The highest BCUT2D eigenvalue weighted by molar-refractivity contribution is 7.26. The van der Waals surface area contributed by atoms with E-state index >= 15 is 0 Å². The molecule has 0 saturated carbocycles. The van der Waals surface area contributed by atoms with Gasteiger partial charge in [0.05, 0.1) is 11.0 Å². The smallest absolute Gasteiger partial charge is 0.0541 e. The lowest BCUT2D eigenvalue weighted by atomic mass is 9.95. The lowest BCUT2D eigenvalue weighted by molar-refractivity contribution is 1.09. The molecule has 0 radical (unpaired) electrons. The largest absolute Gasteiger partial charge is 0.309 e. The van der Waals surface area contributed by atoms with Crippen molar-refractivity contribution in [3.05, 3.63) is 200 Å². The molecule has 2 heterocycles. The Morgan fingerprint density at radius 3 is 1.53 bits per heavy atom. The van der Waals surface area contributed by atoms with Gasteiger partial charge in [0.2, 0.25) is 0 Å². The van der Waals surface area contributed by atoms with Crippen LogP contribution in [0.15, 0.2) is 200 Å². The molecule has 2 aromatic heterocycles. The number of para-hydroxylation sites is 2. The van der Waals surface area contributed by atoms with Crippen LogP contribution in [0.25, 0.3) is 92.2 Å². The van der Waals surface area contributed by atoms with Gasteiger partial charge in [-0.15, -0.1) is 11.3 Å². The standard InChI is InChI=1S/C48H31NS.C4H8.C3H8.C2H6/c1-3-12-32(13-4-1)33-14-9-15-34(28-33)35-16-10-17-36(29-35)37-25-27-47-44(30-37)42-22-11-21-40(48(42)50-47)38-24-26-46-43(31-38)41-20-7-8-23-45(41)49(46)39-18-5-2-6-19-39;1-3-4-2;1-3-2;1-2/h1-31H;3-4H,1-2H3;3H2,1-2H3;1-2H3/b;4-3-;;. The number of hydrogen-bond donors (Lipinski definition) is 0. The summed E-state index contributed by atoms with van der Waals surface area (Å²) in [5.74, 6) is 0. The van der Waals surface area contributed by atoms with Crippen molar-refractivity contribution in [1.82, 2.24) is 4.57 Å². The molecule has 10 rings (SSSR count). The molecule has 1 nitrogen and oxygen atoms in total. The first kappa shape index (κ1) is 40.7. The lowest BCUT2D eigenvalue weighted by Crippen LogP contribution is -1.92.